The standard InChI is InChI=1S/C12H6O2.C12H10/c13-11-8-5-1-3-7-4-2-6-9(10(7)8)12(11)14;1-3-7-11(8-4-1)12-9-5-2-6-10-12/h1-6H;1-10H. The summed E-state index contributed by atoms with van der Waals surface area (Å²) in [6, 6.07) is 31.6. The molecule has 0 fully saturated rings. The maximum atomic E-state index is 11.5. The van der Waals surface area contributed by atoms with E-state index in [1.807, 2.05) is 24.3 Å². The van der Waals surface area contributed by atoms with Crippen molar-refractivity contribution in [1.29, 1.82) is 0 Å². The Morgan fingerprint density at radius 2 is 0.846 bits per heavy atom. The third-order valence-electron chi connectivity index (χ3n) is 4.48. The summed E-state index contributed by atoms with van der Waals surface area (Å²) in [5.74, 6) is -0.756. The number of Topliss-reactive ketones (excluding diaryl/α,β-unsaturated/α-hetero) is 2. The molecule has 4 aromatic carbocycles. The first kappa shape index (κ1) is 16.0. The lowest BCUT2D eigenvalue weighted by Gasteiger charge is -1.98. The molecular weight excluding hydrogens is 320 g/mol. The number of rotatable bonds is 1. The van der Waals surface area contributed by atoms with Gasteiger partial charge in [-0.05, 0) is 16.5 Å². The minimum atomic E-state index is -0.378. The fraction of sp³-hybridized carbons (Fsp3) is 0. The number of hydrogen-bond acceptors (Lipinski definition) is 2. The highest BCUT2D eigenvalue weighted by atomic mass is 16.2. The first-order valence-electron chi connectivity index (χ1n) is 8.47. The Bertz CT molecular complexity index is 1010. The highest BCUT2D eigenvalue weighted by molar-refractivity contribution is 6.57. The van der Waals surface area contributed by atoms with Gasteiger partial charge >= 0.3 is 0 Å². The van der Waals surface area contributed by atoms with Crippen LogP contribution in [0.5, 0.6) is 0 Å². The molecule has 0 heterocycles. The van der Waals surface area contributed by atoms with Crippen LogP contribution in [0.4, 0.5) is 0 Å². The van der Waals surface area contributed by atoms with E-state index in [1.165, 1.54) is 11.1 Å². The van der Waals surface area contributed by atoms with Crippen LogP contribution in [-0.2, 0) is 0 Å². The molecular formula is C24H16O2. The Hall–Kier alpha value is -3.52. The Morgan fingerprint density at radius 1 is 0.423 bits per heavy atom. The predicted molar refractivity (Wildman–Crippen MR) is 104 cm³/mol. The van der Waals surface area contributed by atoms with E-state index in [0.717, 1.165) is 10.8 Å². The highest BCUT2D eigenvalue weighted by Gasteiger charge is 2.29. The van der Waals surface area contributed by atoms with Gasteiger partial charge in [-0.15, -0.1) is 0 Å². The summed E-state index contributed by atoms with van der Waals surface area (Å²) < 4.78 is 0. The summed E-state index contributed by atoms with van der Waals surface area (Å²) in [7, 11) is 0. The van der Waals surface area contributed by atoms with Crippen molar-refractivity contribution in [2.45, 2.75) is 0 Å². The Labute approximate surface area is 151 Å². The van der Waals surface area contributed by atoms with E-state index in [4.69, 9.17) is 0 Å². The van der Waals surface area contributed by atoms with Crippen molar-refractivity contribution >= 4 is 22.3 Å². The van der Waals surface area contributed by atoms with Crippen LogP contribution in [0.3, 0.4) is 0 Å². The molecule has 0 radical (unpaired) electrons. The van der Waals surface area contributed by atoms with E-state index in [0.29, 0.717) is 11.1 Å². The number of carbonyl (C=O) groups is 2. The van der Waals surface area contributed by atoms with Crippen molar-refractivity contribution in [3.8, 4) is 11.1 Å². The van der Waals surface area contributed by atoms with Crippen molar-refractivity contribution < 1.29 is 9.59 Å². The zero-order valence-corrected chi connectivity index (χ0v) is 14.1. The Balaban J connectivity index is 0.000000131. The molecule has 2 nitrogen and oxygen atoms in total. The van der Waals surface area contributed by atoms with Gasteiger partial charge in [0.25, 0.3) is 0 Å². The molecule has 0 amide bonds. The molecule has 1 aliphatic rings. The molecule has 5 rings (SSSR count). The minimum absolute atomic E-state index is 0.378. The van der Waals surface area contributed by atoms with Crippen LogP contribution in [0.2, 0.25) is 0 Å². The second-order valence-electron chi connectivity index (χ2n) is 6.10. The van der Waals surface area contributed by atoms with Gasteiger partial charge < -0.3 is 0 Å². The van der Waals surface area contributed by atoms with Crippen molar-refractivity contribution in [3.05, 3.63) is 108 Å². The summed E-state index contributed by atoms with van der Waals surface area (Å²) in [5, 5.41) is 1.77. The maximum Gasteiger partial charge on any atom is 0.234 e. The van der Waals surface area contributed by atoms with Crippen molar-refractivity contribution in [1.82, 2.24) is 0 Å². The molecule has 0 aliphatic heterocycles. The van der Waals surface area contributed by atoms with Gasteiger partial charge in [-0.25, -0.2) is 0 Å². The van der Waals surface area contributed by atoms with Crippen molar-refractivity contribution in [2.75, 3.05) is 0 Å². The molecule has 0 aromatic heterocycles. The minimum Gasteiger partial charge on any atom is -0.285 e. The molecule has 0 unspecified atom stereocenters. The SMILES string of the molecule is O=C1C(=O)c2cccc3cccc1c23.c1ccc(-c2ccccc2)cc1. The molecule has 0 bridgehead atoms. The van der Waals surface area contributed by atoms with Gasteiger partial charge in [0.1, 0.15) is 0 Å². The average Bonchev–Trinajstić information content (AvgIpc) is 2.97. The monoisotopic (exact) mass is 336 g/mol. The van der Waals surface area contributed by atoms with Crippen LogP contribution < -0.4 is 0 Å². The van der Waals surface area contributed by atoms with Crippen LogP contribution in [0.25, 0.3) is 21.9 Å². The van der Waals surface area contributed by atoms with Crippen molar-refractivity contribution in [3.63, 3.8) is 0 Å². The van der Waals surface area contributed by atoms with Gasteiger partial charge in [0.15, 0.2) is 0 Å². The topological polar surface area (TPSA) is 34.1 Å². The zero-order chi connectivity index (χ0) is 17.9. The lowest BCUT2D eigenvalue weighted by Crippen LogP contribution is -2.05. The molecule has 0 saturated carbocycles. The summed E-state index contributed by atoms with van der Waals surface area (Å²) >= 11 is 0. The Kier molecular flexibility index (Phi) is 4.16. The normalized spacial score (nSPS) is 12.0. The fourth-order valence-corrected chi connectivity index (χ4v) is 3.23. The van der Waals surface area contributed by atoms with Crippen LogP contribution in [0.15, 0.2) is 97.1 Å². The van der Waals surface area contributed by atoms with E-state index in [2.05, 4.69) is 48.5 Å². The van der Waals surface area contributed by atoms with Gasteiger partial charge in [0, 0.05) is 16.5 Å². The molecule has 0 spiro atoms. The lowest BCUT2D eigenvalue weighted by atomic mass is 10.1. The first-order valence-corrected chi connectivity index (χ1v) is 8.47. The molecule has 124 valence electrons. The zero-order valence-electron chi connectivity index (χ0n) is 14.1. The fourth-order valence-electron chi connectivity index (χ4n) is 3.23. The van der Waals surface area contributed by atoms with Crippen LogP contribution >= 0.6 is 0 Å². The molecule has 0 atom stereocenters. The molecule has 0 saturated heterocycles. The largest absolute Gasteiger partial charge is 0.285 e. The van der Waals surface area contributed by atoms with E-state index >= 15 is 0 Å². The molecule has 4 aromatic rings. The smallest absolute Gasteiger partial charge is 0.234 e. The van der Waals surface area contributed by atoms with Gasteiger partial charge in [-0.1, -0.05) is 97.1 Å². The third-order valence-corrected chi connectivity index (χ3v) is 4.48. The number of benzene rings is 4. The number of ketones is 2. The maximum absolute atomic E-state index is 11.5. The summed E-state index contributed by atoms with van der Waals surface area (Å²) in [4.78, 5) is 23.1. The average molecular weight is 336 g/mol. The van der Waals surface area contributed by atoms with Crippen LogP contribution in [0, 0.1) is 0 Å². The summed E-state index contributed by atoms with van der Waals surface area (Å²) in [6.07, 6.45) is 0. The quantitative estimate of drug-likeness (QED) is 0.426. The first-order chi connectivity index (χ1) is 12.8. The highest BCUT2D eigenvalue weighted by Crippen LogP contribution is 2.30. The van der Waals surface area contributed by atoms with Gasteiger partial charge in [-0.3, -0.25) is 9.59 Å². The lowest BCUT2D eigenvalue weighted by molar-refractivity contribution is 0.0825. The van der Waals surface area contributed by atoms with Gasteiger partial charge in [-0.2, -0.15) is 0 Å². The predicted octanol–water partition coefficient (Wildman–Crippen LogP) is 5.57. The third kappa shape index (κ3) is 2.82. The van der Waals surface area contributed by atoms with Crippen LogP contribution in [-0.4, -0.2) is 11.6 Å². The summed E-state index contributed by atoms with van der Waals surface area (Å²) in [5.41, 5.74) is 3.64. The second-order valence-corrected chi connectivity index (χ2v) is 6.10. The van der Waals surface area contributed by atoms with Gasteiger partial charge in [0.05, 0.1) is 0 Å². The van der Waals surface area contributed by atoms with Crippen molar-refractivity contribution in [2.24, 2.45) is 0 Å². The molecule has 0 N–H and O–H groups in total. The second kappa shape index (κ2) is 6.77. The molecule has 26 heavy (non-hydrogen) atoms. The van der Waals surface area contributed by atoms with Crippen LogP contribution in [0.1, 0.15) is 20.7 Å². The van der Waals surface area contributed by atoms with E-state index in [1.54, 1.807) is 24.3 Å². The van der Waals surface area contributed by atoms with E-state index < -0.39 is 0 Å². The molecule has 2 heteroatoms. The van der Waals surface area contributed by atoms with E-state index in [9.17, 15) is 9.59 Å². The Morgan fingerprint density at radius 3 is 1.27 bits per heavy atom. The summed E-state index contributed by atoms with van der Waals surface area (Å²) in [6.45, 7) is 0. The number of carbonyl (C=O) groups excluding carboxylic acids is 2. The number of hydrogen-bond donors (Lipinski definition) is 0. The molecule has 1 aliphatic carbocycles. The van der Waals surface area contributed by atoms with Gasteiger partial charge in [0.2, 0.25) is 11.6 Å². The van der Waals surface area contributed by atoms with E-state index in [-0.39, 0.29) is 11.6 Å².